The van der Waals surface area contributed by atoms with Gasteiger partial charge in [-0.1, -0.05) is 79.6 Å². The first kappa shape index (κ1) is 16.9. The lowest BCUT2D eigenvalue weighted by Gasteiger charge is -2.15. The molecule has 0 amide bonds. The maximum atomic E-state index is 10.1. The Morgan fingerprint density at radius 3 is 1.42 bits per heavy atom. The lowest BCUT2D eigenvalue weighted by molar-refractivity contribution is 0.426. The Hall–Kier alpha value is -2.59. The van der Waals surface area contributed by atoms with Crippen molar-refractivity contribution in [3.8, 4) is 11.1 Å². The van der Waals surface area contributed by atoms with Crippen molar-refractivity contribution in [2.24, 2.45) is 0 Å². The first-order chi connectivity index (χ1) is 12.6. The number of fused-ring (bicyclic) bond motifs is 2. The molecule has 0 aliphatic carbocycles. The summed E-state index contributed by atoms with van der Waals surface area (Å²) in [6.07, 6.45) is 0. The lowest BCUT2D eigenvalue weighted by atomic mass is 9.62. The van der Waals surface area contributed by atoms with E-state index in [4.69, 9.17) is 0 Å². The largest absolute Gasteiger partial charge is 0.489 e. The van der Waals surface area contributed by atoms with Crippen LogP contribution in [0.15, 0.2) is 72.8 Å². The molecule has 0 aliphatic rings. The molecule has 0 atom stereocenters. The molecule has 0 saturated carbocycles. The standard InChI is InChI=1S/C21H18B2O3/c1-22(24)20-12-10-16(14-6-2-4-8-18(14)20)17-11-13-21(23(25)26)19-9-5-3-7-15(17)19/h2-13,24-26H,1H3. The van der Waals surface area contributed by atoms with Gasteiger partial charge in [0.25, 0.3) is 0 Å². The van der Waals surface area contributed by atoms with E-state index in [2.05, 4.69) is 6.07 Å². The van der Waals surface area contributed by atoms with Gasteiger partial charge in [0, 0.05) is 0 Å². The first-order valence-electron chi connectivity index (χ1n) is 8.66. The Kier molecular flexibility index (Phi) is 4.29. The van der Waals surface area contributed by atoms with Crippen molar-refractivity contribution in [3.05, 3.63) is 72.8 Å². The fourth-order valence-corrected chi connectivity index (χ4v) is 3.70. The molecule has 26 heavy (non-hydrogen) atoms. The Balaban J connectivity index is 2.06. The second kappa shape index (κ2) is 6.61. The van der Waals surface area contributed by atoms with E-state index in [1.165, 1.54) is 0 Å². The Bertz CT molecular complexity index is 1020. The molecule has 0 aromatic heterocycles. The molecule has 4 aromatic rings. The molecule has 126 valence electrons. The van der Waals surface area contributed by atoms with Gasteiger partial charge in [-0.2, -0.15) is 0 Å². The molecule has 0 fully saturated rings. The van der Waals surface area contributed by atoms with Gasteiger partial charge in [-0.05, 0) is 43.6 Å². The van der Waals surface area contributed by atoms with Crippen molar-refractivity contribution in [1.82, 2.24) is 0 Å². The average molecular weight is 340 g/mol. The summed E-state index contributed by atoms with van der Waals surface area (Å²) in [6.45, 7) is 1.23. The predicted molar refractivity (Wildman–Crippen MR) is 110 cm³/mol. The van der Waals surface area contributed by atoms with E-state index in [0.717, 1.165) is 38.1 Å². The summed E-state index contributed by atoms with van der Waals surface area (Å²) in [5.41, 5.74) is 3.48. The highest BCUT2D eigenvalue weighted by Crippen LogP contribution is 2.33. The summed E-state index contributed by atoms with van der Waals surface area (Å²) in [4.78, 5) is 0. The van der Waals surface area contributed by atoms with E-state index in [0.29, 0.717) is 5.46 Å². The van der Waals surface area contributed by atoms with Gasteiger partial charge in [0.2, 0.25) is 0 Å². The third-order valence-electron chi connectivity index (χ3n) is 4.93. The third kappa shape index (κ3) is 2.71. The van der Waals surface area contributed by atoms with Crippen LogP contribution in [-0.2, 0) is 0 Å². The van der Waals surface area contributed by atoms with Crippen LogP contribution in [0.3, 0.4) is 0 Å². The molecular weight excluding hydrogens is 322 g/mol. The average Bonchev–Trinajstić information content (AvgIpc) is 2.66. The Labute approximate surface area is 152 Å². The van der Waals surface area contributed by atoms with Crippen LogP contribution in [0.1, 0.15) is 0 Å². The fourth-order valence-electron chi connectivity index (χ4n) is 3.70. The molecule has 0 radical (unpaired) electrons. The summed E-state index contributed by atoms with van der Waals surface area (Å²) >= 11 is 0. The van der Waals surface area contributed by atoms with Gasteiger partial charge in [0.1, 0.15) is 0 Å². The molecule has 3 nitrogen and oxygen atoms in total. The van der Waals surface area contributed by atoms with Gasteiger partial charge >= 0.3 is 14.0 Å². The molecule has 0 aliphatic heterocycles. The number of hydrogen-bond acceptors (Lipinski definition) is 3. The molecule has 0 saturated heterocycles. The van der Waals surface area contributed by atoms with Crippen molar-refractivity contribution in [2.45, 2.75) is 6.82 Å². The molecule has 0 heterocycles. The highest BCUT2D eigenvalue weighted by molar-refractivity contribution is 6.67. The van der Waals surface area contributed by atoms with E-state index in [9.17, 15) is 15.1 Å². The zero-order valence-electron chi connectivity index (χ0n) is 14.4. The van der Waals surface area contributed by atoms with Crippen LogP contribution in [0, 0.1) is 0 Å². The minimum atomic E-state index is -1.51. The number of benzene rings is 4. The van der Waals surface area contributed by atoms with Gasteiger partial charge in [-0.15, -0.1) is 0 Å². The van der Waals surface area contributed by atoms with Crippen LogP contribution >= 0.6 is 0 Å². The minimum absolute atomic E-state index is 0.495. The Morgan fingerprint density at radius 1 is 0.538 bits per heavy atom. The van der Waals surface area contributed by atoms with Crippen LogP contribution in [-0.4, -0.2) is 29.1 Å². The highest BCUT2D eigenvalue weighted by Gasteiger charge is 2.18. The van der Waals surface area contributed by atoms with Crippen LogP contribution in [0.4, 0.5) is 0 Å². The van der Waals surface area contributed by atoms with E-state index in [1.54, 1.807) is 12.9 Å². The molecule has 4 aromatic carbocycles. The summed E-state index contributed by atoms with van der Waals surface area (Å²) in [5, 5.41) is 33.3. The van der Waals surface area contributed by atoms with E-state index >= 15 is 0 Å². The van der Waals surface area contributed by atoms with Crippen molar-refractivity contribution in [1.29, 1.82) is 0 Å². The molecule has 0 spiro atoms. The second-order valence-electron chi connectivity index (χ2n) is 6.55. The van der Waals surface area contributed by atoms with Gasteiger partial charge in [-0.3, -0.25) is 0 Å². The summed E-state index contributed by atoms with van der Waals surface area (Å²) in [5.74, 6) is 0. The van der Waals surface area contributed by atoms with Gasteiger partial charge in [0.05, 0.1) is 0 Å². The molecule has 3 N–H and O–H groups in total. The van der Waals surface area contributed by atoms with Crippen LogP contribution in [0.25, 0.3) is 32.7 Å². The van der Waals surface area contributed by atoms with Crippen molar-refractivity contribution < 1.29 is 15.1 Å². The molecular formula is C21H18B2O3. The monoisotopic (exact) mass is 340 g/mol. The molecule has 4 rings (SSSR count). The summed E-state index contributed by atoms with van der Waals surface area (Å²) in [6, 6.07) is 23.5. The summed E-state index contributed by atoms with van der Waals surface area (Å²) in [7, 11) is -1.51. The first-order valence-corrected chi connectivity index (χ1v) is 8.66. The Morgan fingerprint density at radius 2 is 0.962 bits per heavy atom. The van der Waals surface area contributed by atoms with Crippen molar-refractivity contribution in [2.75, 3.05) is 0 Å². The van der Waals surface area contributed by atoms with Gasteiger partial charge in [0.15, 0.2) is 0 Å². The molecule has 5 heteroatoms. The zero-order chi connectivity index (χ0) is 18.3. The van der Waals surface area contributed by atoms with E-state index in [-0.39, 0.29) is 0 Å². The van der Waals surface area contributed by atoms with Crippen molar-refractivity contribution in [3.63, 3.8) is 0 Å². The molecule has 0 bridgehead atoms. The summed E-state index contributed by atoms with van der Waals surface area (Å²) < 4.78 is 0. The third-order valence-corrected chi connectivity index (χ3v) is 4.93. The number of hydrogen-bond donors (Lipinski definition) is 3. The van der Waals surface area contributed by atoms with Crippen LogP contribution < -0.4 is 10.9 Å². The lowest BCUT2D eigenvalue weighted by Crippen LogP contribution is -2.30. The second-order valence-corrected chi connectivity index (χ2v) is 6.55. The predicted octanol–water partition coefficient (Wildman–Crippen LogP) is 2.16. The quantitative estimate of drug-likeness (QED) is 0.501. The van der Waals surface area contributed by atoms with E-state index in [1.807, 2.05) is 60.7 Å². The van der Waals surface area contributed by atoms with Gasteiger partial charge in [-0.25, -0.2) is 0 Å². The SMILES string of the molecule is CB(O)c1ccc(-c2ccc(B(O)O)c3ccccc23)c2ccccc12. The van der Waals surface area contributed by atoms with Crippen LogP contribution in [0.5, 0.6) is 0 Å². The highest BCUT2D eigenvalue weighted by atomic mass is 16.4. The molecule has 0 unspecified atom stereocenters. The van der Waals surface area contributed by atoms with Crippen LogP contribution in [0.2, 0.25) is 6.82 Å². The van der Waals surface area contributed by atoms with Crippen molar-refractivity contribution >= 4 is 46.5 Å². The van der Waals surface area contributed by atoms with Gasteiger partial charge < -0.3 is 15.1 Å². The minimum Gasteiger partial charge on any atom is -0.446 e. The fraction of sp³-hybridized carbons (Fsp3) is 0.0476. The maximum Gasteiger partial charge on any atom is 0.489 e. The zero-order valence-corrected chi connectivity index (χ0v) is 14.4. The number of rotatable bonds is 3. The topological polar surface area (TPSA) is 60.7 Å². The maximum absolute atomic E-state index is 10.1. The van der Waals surface area contributed by atoms with E-state index < -0.39 is 14.0 Å². The smallest absolute Gasteiger partial charge is 0.446 e. The normalized spacial score (nSPS) is 11.1.